The highest BCUT2D eigenvalue weighted by molar-refractivity contribution is 6.30. The van der Waals surface area contributed by atoms with Crippen molar-refractivity contribution in [1.82, 2.24) is 20.1 Å². The van der Waals surface area contributed by atoms with Gasteiger partial charge in [0, 0.05) is 24.7 Å². The molecule has 1 aliphatic rings. The highest BCUT2D eigenvalue weighted by Crippen LogP contribution is 2.19. The predicted molar refractivity (Wildman–Crippen MR) is 87.8 cm³/mol. The highest BCUT2D eigenvalue weighted by atomic mass is 35.5. The molecular formula is C16H21ClN4O2. The maximum atomic E-state index is 5.85. The van der Waals surface area contributed by atoms with E-state index in [4.69, 9.17) is 21.1 Å². The summed E-state index contributed by atoms with van der Waals surface area (Å²) in [6.45, 7) is 6.00. The second-order valence-electron chi connectivity index (χ2n) is 5.59. The summed E-state index contributed by atoms with van der Waals surface area (Å²) in [7, 11) is 0. The fourth-order valence-electron chi connectivity index (χ4n) is 2.57. The number of hydrogen-bond acceptors (Lipinski definition) is 5. The van der Waals surface area contributed by atoms with Crippen LogP contribution in [0.5, 0.6) is 5.75 Å². The van der Waals surface area contributed by atoms with Crippen LogP contribution in [0.4, 0.5) is 0 Å². The van der Waals surface area contributed by atoms with Gasteiger partial charge >= 0.3 is 0 Å². The molecule has 2 heterocycles. The zero-order valence-electron chi connectivity index (χ0n) is 13.2. The molecule has 1 N–H and O–H groups in total. The average Bonchev–Trinajstić information content (AvgIpc) is 3.00. The summed E-state index contributed by atoms with van der Waals surface area (Å²) in [5.74, 6) is 2.41. The Kier molecular flexibility index (Phi) is 5.48. The molecule has 1 unspecified atom stereocenters. The number of hydrogen-bond donors (Lipinski definition) is 1. The second kappa shape index (κ2) is 7.77. The second-order valence-corrected chi connectivity index (χ2v) is 6.03. The molecule has 1 aromatic heterocycles. The quantitative estimate of drug-likeness (QED) is 0.821. The molecule has 0 saturated carbocycles. The molecule has 23 heavy (non-hydrogen) atoms. The number of rotatable bonds is 6. The third-order valence-corrected chi connectivity index (χ3v) is 4.01. The Morgan fingerprint density at radius 3 is 2.96 bits per heavy atom. The molecule has 6 nitrogen and oxygen atoms in total. The van der Waals surface area contributed by atoms with Crippen molar-refractivity contribution in [2.75, 3.05) is 32.8 Å². The van der Waals surface area contributed by atoms with Crippen molar-refractivity contribution >= 4 is 11.6 Å². The van der Waals surface area contributed by atoms with Crippen LogP contribution in [-0.2, 0) is 4.74 Å². The zero-order chi connectivity index (χ0) is 16.1. The number of aromatic amines is 1. The molecule has 1 atom stereocenters. The zero-order valence-corrected chi connectivity index (χ0v) is 13.9. The van der Waals surface area contributed by atoms with Crippen LogP contribution >= 0.6 is 11.6 Å². The number of halogens is 1. The van der Waals surface area contributed by atoms with Gasteiger partial charge in [0.05, 0.1) is 13.2 Å². The molecule has 0 bridgehead atoms. The Balaban J connectivity index is 1.40. The number of aromatic nitrogens is 3. The minimum absolute atomic E-state index is 0.0501. The van der Waals surface area contributed by atoms with Crippen LogP contribution in [0.15, 0.2) is 24.3 Å². The van der Waals surface area contributed by atoms with Crippen LogP contribution in [0.3, 0.4) is 0 Å². The van der Waals surface area contributed by atoms with Crippen molar-refractivity contribution in [2.45, 2.75) is 19.4 Å². The molecule has 3 rings (SSSR count). The average molecular weight is 337 g/mol. The van der Waals surface area contributed by atoms with E-state index in [1.54, 1.807) is 0 Å². The Bertz CT molecular complexity index is 617. The van der Waals surface area contributed by atoms with Gasteiger partial charge in [-0.1, -0.05) is 11.6 Å². The van der Waals surface area contributed by atoms with Crippen LogP contribution in [0.25, 0.3) is 0 Å². The number of nitrogens with zero attached hydrogens (tertiary/aromatic N) is 3. The van der Waals surface area contributed by atoms with E-state index >= 15 is 0 Å². The van der Waals surface area contributed by atoms with Crippen LogP contribution in [0.1, 0.15) is 24.2 Å². The Hall–Kier alpha value is -1.63. The largest absolute Gasteiger partial charge is 0.494 e. The normalized spacial score (nSPS) is 19.0. The fourth-order valence-corrected chi connectivity index (χ4v) is 2.70. The molecule has 1 saturated heterocycles. The van der Waals surface area contributed by atoms with Crippen LogP contribution in [0.2, 0.25) is 5.02 Å². The van der Waals surface area contributed by atoms with Gasteiger partial charge in [0.15, 0.2) is 5.82 Å². The van der Waals surface area contributed by atoms with Gasteiger partial charge < -0.3 is 9.47 Å². The molecule has 1 aliphatic heterocycles. The van der Waals surface area contributed by atoms with Crippen LogP contribution in [0, 0.1) is 6.92 Å². The lowest BCUT2D eigenvalue weighted by atomic mass is 10.2. The SMILES string of the molecule is Cc1nc(C2CN(CCCOc3ccc(Cl)cc3)CCO2)n[nH]1. The van der Waals surface area contributed by atoms with Crippen molar-refractivity contribution in [3.05, 3.63) is 40.9 Å². The standard InChI is InChI=1S/C16H21ClN4O2/c1-12-18-16(20-19-12)15-11-21(8-10-23-15)7-2-9-22-14-5-3-13(17)4-6-14/h3-6,15H,2,7-11H2,1H3,(H,18,19,20). The van der Waals surface area contributed by atoms with Gasteiger partial charge in [0.1, 0.15) is 17.7 Å². The van der Waals surface area contributed by atoms with Gasteiger partial charge in [0.2, 0.25) is 0 Å². The summed E-state index contributed by atoms with van der Waals surface area (Å²) in [5.41, 5.74) is 0. The molecule has 0 radical (unpaired) electrons. The van der Waals surface area contributed by atoms with E-state index in [1.165, 1.54) is 0 Å². The lowest BCUT2D eigenvalue weighted by molar-refractivity contribution is -0.0351. The Labute approximate surface area is 140 Å². The predicted octanol–water partition coefficient (Wildman–Crippen LogP) is 2.61. The minimum Gasteiger partial charge on any atom is -0.494 e. The molecule has 0 aliphatic carbocycles. The Morgan fingerprint density at radius 2 is 2.22 bits per heavy atom. The van der Waals surface area contributed by atoms with Gasteiger partial charge in [-0.3, -0.25) is 10.00 Å². The van der Waals surface area contributed by atoms with Crippen molar-refractivity contribution in [2.24, 2.45) is 0 Å². The van der Waals surface area contributed by atoms with Crippen molar-refractivity contribution in [3.8, 4) is 5.75 Å². The van der Waals surface area contributed by atoms with Gasteiger partial charge in [-0.2, -0.15) is 5.10 Å². The smallest absolute Gasteiger partial charge is 0.180 e. The van der Waals surface area contributed by atoms with E-state index in [-0.39, 0.29) is 6.10 Å². The first-order valence-electron chi connectivity index (χ1n) is 7.82. The molecule has 1 aromatic carbocycles. The number of H-pyrrole nitrogens is 1. The Morgan fingerprint density at radius 1 is 1.39 bits per heavy atom. The topological polar surface area (TPSA) is 63.3 Å². The monoisotopic (exact) mass is 336 g/mol. The molecule has 0 amide bonds. The summed E-state index contributed by atoms with van der Waals surface area (Å²) in [6.07, 6.45) is 0.911. The van der Waals surface area contributed by atoms with E-state index in [1.807, 2.05) is 31.2 Å². The number of aryl methyl sites for hydroxylation is 1. The van der Waals surface area contributed by atoms with Crippen molar-refractivity contribution < 1.29 is 9.47 Å². The lowest BCUT2D eigenvalue weighted by Crippen LogP contribution is -2.39. The highest BCUT2D eigenvalue weighted by Gasteiger charge is 2.24. The number of nitrogens with one attached hydrogen (secondary N) is 1. The number of morpholine rings is 1. The molecule has 0 spiro atoms. The van der Waals surface area contributed by atoms with Gasteiger partial charge in [-0.05, 0) is 37.6 Å². The summed E-state index contributed by atoms with van der Waals surface area (Å²) >= 11 is 5.85. The molecule has 7 heteroatoms. The van der Waals surface area contributed by atoms with Crippen molar-refractivity contribution in [3.63, 3.8) is 0 Å². The maximum absolute atomic E-state index is 5.85. The minimum atomic E-state index is -0.0501. The van der Waals surface area contributed by atoms with Crippen LogP contribution < -0.4 is 4.74 Å². The molecule has 124 valence electrons. The number of ether oxygens (including phenoxy) is 2. The molecule has 1 fully saturated rings. The maximum Gasteiger partial charge on any atom is 0.180 e. The third-order valence-electron chi connectivity index (χ3n) is 3.75. The molecular weight excluding hydrogens is 316 g/mol. The van der Waals surface area contributed by atoms with E-state index < -0.39 is 0 Å². The van der Waals surface area contributed by atoms with Crippen LogP contribution in [-0.4, -0.2) is 52.9 Å². The summed E-state index contributed by atoms with van der Waals surface area (Å²) < 4.78 is 11.5. The lowest BCUT2D eigenvalue weighted by Gasteiger charge is -2.31. The van der Waals surface area contributed by atoms with E-state index in [0.29, 0.717) is 13.2 Å². The summed E-state index contributed by atoms with van der Waals surface area (Å²) in [5, 5.41) is 7.78. The number of benzene rings is 1. The fraction of sp³-hybridized carbons (Fsp3) is 0.500. The summed E-state index contributed by atoms with van der Waals surface area (Å²) in [4.78, 5) is 6.72. The first-order chi connectivity index (χ1) is 11.2. The van der Waals surface area contributed by atoms with E-state index in [2.05, 4.69) is 20.1 Å². The van der Waals surface area contributed by atoms with Gasteiger partial charge in [-0.25, -0.2) is 4.98 Å². The molecule has 2 aromatic rings. The van der Waals surface area contributed by atoms with E-state index in [9.17, 15) is 0 Å². The van der Waals surface area contributed by atoms with Gasteiger partial charge in [0.25, 0.3) is 0 Å². The first-order valence-corrected chi connectivity index (χ1v) is 8.20. The van der Waals surface area contributed by atoms with Gasteiger partial charge in [-0.15, -0.1) is 0 Å². The first kappa shape index (κ1) is 16.2. The summed E-state index contributed by atoms with van der Waals surface area (Å²) in [6, 6.07) is 7.45. The van der Waals surface area contributed by atoms with E-state index in [0.717, 1.165) is 48.5 Å². The van der Waals surface area contributed by atoms with Crippen molar-refractivity contribution in [1.29, 1.82) is 0 Å². The third kappa shape index (κ3) is 4.67.